The van der Waals surface area contributed by atoms with E-state index in [2.05, 4.69) is 6.58 Å². The first-order valence-electron chi connectivity index (χ1n) is 8.38. The molecule has 0 aromatic carbocycles. The molecule has 0 atom stereocenters. The number of ether oxygens (including phenoxy) is 1. The van der Waals surface area contributed by atoms with E-state index in [0.717, 1.165) is 25.7 Å². The second-order valence-electron chi connectivity index (χ2n) is 5.71. The van der Waals surface area contributed by atoms with Gasteiger partial charge in [-0.1, -0.05) is 70.4 Å². The van der Waals surface area contributed by atoms with Gasteiger partial charge in [0.1, 0.15) is 9.52 Å². The Hall–Kier alpha value is -0.713. The molecule has 0 heterocycles. The fourth-order valence-electron chi connectivity index (χ4n) is 2.14. The van der Waals surface area contributed by atoms with E-state index in [9.17, 15) is 13.6 Å². The van der Waals surface area contributed by atoms with E-state index in [-0.39, 0.29) is 15.5 Å². The molecular weight excluding hydrogens is 302 g/mol. The Morgan fingerprint density at radius 2 is 1.41 bits per heavy atom. The molecule has 0 N–H and O–H groups in total. The molecule has 0 amide bonds. The van der Waals surface area contributed by atoms with Gasteiger partial charge in [-0.25, -0.2) is 13.6 Å². The monoisotopic (exact) mass is 332 g/mol. The first-order valence-corrected chi connectivity index (χ1v) is 9.66. The number of rotatable bonds is 15. The number of halogens is 2. The van der Waals surface area contributed by atoms with E-state index in [1.807, 2.05) is 0 Å². The second-order valence-corrected chi connectivity index (χ2v) is 7.05. The normalized spacial score (nSPS) is 10.9. The zero-order valence-corrected chi connectivity index (χ0v) is 14.8. The molecule has 128 valence electrons. The highest BCUT2D eigenvalue weighted by molar-refractivity contribution is 6.36. The van der Waals surface area contributed by atoms with Crippen molar-refractivity contribution in [3.63, 3.8) is 0 Å². The molecule has 0 rings (SSSR count). The van der Waals surface area contributed by atoms with Crippen molar-refractivity contribution in [1.29, 1.82) is 0 Å². The molecule has 2 radical (unpaired) electrons. The van der Waals surface area contributed by atoms with Gasteiger partial charge in [-0.2, -0.15) is 0 Å². The van der Waals surface area contributed by atoms with E-state index >= 15 is 0 Å². The van der Waals surface area contributed by atoms with E-state index < -0.39 is 6.05 Å². The summed E-state index contributed by atoms with van der Waals surface area (Å²) in [4.78, 5) is 11.1. The van der Waals surface area contributed by atoms with Gasteiger partial charge < -0.3 is 4.74 Å². The standard InChI is InChI=1S/C17H30F2O2Si/c1-15(2)16(20)21-13-11-9-7-5-3-4-6-8-10-12-14-22-17(18)19/h17H,1,3-14H2,2H3. The predicted octanol–water partition coefficient (Wildman–Crippen LogP) is 5.35. The molecule has 0 aliphatic carbocycles. The van der Waals surface area contributed by atoms with Crippen molar-refractivity contribution in [3.05, 3.63) is 12.2 Å². The lowest BCUT2D eigenvalue weighted by Crippen LogP contribution is -2.05. The summed E-state index contributed by atoms with van der Waals surface area (Å²) < 4.78 is 28.9. The number of alkyl halides is 2. The molecule has 0 fully saturated rings. The van der Waals surface area contributed by atoms with Crippen LogP contribution in [-0.4, -0.2) is 28.1 Å². The molecule has 0 aromatic rings. The highest BCUT2D eigenvalue weighted by Gasteiger charge is 2.03. The van der Waals surface area contributed by atoms with Gasteiger partial charge in [0.05, 0.1) is 6.61 Å². The topological polar surface area (TPSA) is 26.3 Å². The lowest BCUT2D eigenvalue weighted by Gasteiger charge is -2.04. The Balaban J connectivity index is 3.08. The first-order chi connectivity index (χ1) is 10.5. The zero-order chi connectivity index (χ0) is 16.6. The SMILES string of the molecule is C=C(C)C(=O)OCCCCCCCCCCCC[Si]C(F)F. The number of carbonyl (C=O) groups is 1. The molecule has 0 aromatic heterocycles. The van der Waals surface area contributed by atoms with Crippen LogP contribution in [0.4, 0.5) is 8.78 Å². The molecule has 0 saturated heterocycles. The van der Waals surface area contributed by atoms with Crippen LogP contribution in [0, 0.1) is 0 Å². The summed E-state index contributed by atoms with van der Waals surface area (Å²) in [7, 11) is -0.172. The molecule has 0 aliphatic heterocycles. The summed E-state index contributed by atoms with van der Waals surface area (Å²) in [5.41, 5.74) is 0.453. The number of esters is 1. The molecule has 0 saturated carbocycles. The third-order valence-electron chi connectivity index (χ3n) is 3.45. The number of carbonyl (C=O) groups excluding carboxylic acids is 1. The van der Waals surface area contributed by atoms with Crippen LogP contribution in [0.3, 0.4) is 0 Å². The smallest absolute Gasteiger partial charge is 0.333 e. The molecule has 0 spiro atoms. The second kappa shape index (κ2) is 15.2. The van der Waals surface area contributed by atoms with Gasteiger partial charge in [0.2, 0.25) is 6.05 Å². The summed E-state index contributed by atoms with van der Waals surface area (Å²) in [6.07, 6.45) is 11.3. The molecule has 0 bridgehead atoms. The van der Waals surface area contributed by atoms with Gasteiger partial charge in [0, 0.05) is 5.57 Å². The predicted molar refractivity (Wildman–Crippen MR) is 88.5 cm³/mol. The summed E-state index contributed by atoms with van der Waals surface area (Å²) in [6.45, 7) is 5.68. The Morgan fingerprint density at radius 3 is 1.86 bits per heavy atom. The summed E-state index contributed by atoms with van der Waals surface area (Å²) >= 11 is 0. The maximum absolute atomic E-state index is 11.9. The molecule has 22 heavy (non-hydrogen) atoms. The van der Waals surface area contributed by atoms with Gasteiger partial charge in [-0.05, 0) is 13.3 Å². The van der Waals surface area contributed by atoms with Crippen LogP contribution in [0.5, 0.6) is 0 Å². The van der Waals surface area contributed by atoms with E-state index in [1.165, 1.54) is 38.5 Å². The quantitative estimate of drug-likeness (QED) is 0.175. The maximum atomic E-state index is 11.9. The van der Waals surface area contributed by atoms with Crippen LogP contribution in [0.15, 0.2) is 12.2 Å². The minimum atomic E-state index is -2.11. The van der Waals surface area contributed by atoms with Crippen LogP contribution in [0.2, 0.25) is 6.04 Å². The van der Waals surface area contributed by atoms with Crippen molar-refractivity contribution < 1.29 is 18.3 Å². The van der Waals surface area contributed by atoms with E-state index in [1.54, 1.807) is 6.92 Å². The Morgan fingerprint density at radius 1 is 0.955 bits per heavy atom. The van der Waals surface area contributed by atoms with Gasteiger partial charge in [0.25, 0.3) is 0 Å². The Kier molecular flexibility index (Phi) is 14.7. The average Bonchev–Trinajstić information content (AvgIpc) is 2.46. The number of hydrogen-bond acceptors (Lipinski definition) is 2. The van der Waals surface area contributed by atoms with E-state index in [0.29, 0.717) is 18.2 Å². The molecule has 2 nitrogen and oxygen atoms in total. The van der Waals surface area contributed by atoms with Crippen LogP contribution >= 0.6 is 0 Å². The van der Waals surface area contributed by atoms with Gasteiger partial charge >= 0.3 is 5.97 Å². The van der Waals surface area contributed by atoms with Gasteiger partial charge in [-0.3, -0.25) is 0 Å². The Labute approximate surface area is 136 Å². The summed E-state index contributed by atoms with van der Waals surface area (Å²) in [5, 5.41) is 0. The van der Waals surface area contributed by atoms with Crippen molar-refractivity contribution >= 4 is 15.5 Å². The third-order valence-corrected chi connectivity index (χ3v) is 4.40. The summed E-state index contributed by atoms with van der Waals surface area (Å²) in [6, 6.07) is -1.42. The van der Waals surface area contributed by atoms with Crippen LogP contribution in [0.1, 0.15) is 71.1 Å². The lowest BCUT2D eigenvalue weighted by molar-refractivity contribution is -0.139. The fourth-order valence-corrected chi connectivity index (χ4v) is 2.81. The molecule has 0 aliphatic rings. The first kappa shape index (κ1) is 21.3. The lowest BCUT2D eigenvalue weighted by atomic mass is 10.1. The van der Waals surface area contributed by atoms with Gasteiger partial charge in [-0.15, -0.1) is 0 Å². The third kappa shape index (κ3) is 15.7. The molecular formula is C17H30F2O2Si. The highest BCUT2D eigenvalue weighted by Crippen LogP contribution is 2.12. The molecule has 5 heteroatoms. The molecule has 0 unspecified atom stereocenters. The average molecular weight is 333 g/mol. The minimum absolute atomic E-state index is 0.172. The number of unbranched alkanes of at least 4 members (excludes halogenated alkanes) is 9. The van der Waals surface area contributed by atoms with Crippen molar-refractivity contribution in [2.24, 2.45) is 0 Å². The maximum Gasteiger partial charge on any atom is 0.333 e. The van der Waals surface area contributed by atoms with Crippen LogP contribution in [-0.2, 0) is 9.53 Å². The largest absolute Gasteiger partial charge is 0.462 e. The zero-order valence-electron chi connectivity index (χ0n) is 13.8. The van der Waals surface area contributed by atoms with Crippen LogP contribution in [0.25, 0.3) is 0 Å². The summed E-state index contributed by atoms with van der Waals surface area (Å²) in [5.74, 6) is -0.297. The Bertz CT molecular complexity index is 296. The van der Waals surface area contributed by atoms with Gasteiger partial charge in [0.15, 0.2) is 0 Å². The van der Waals surface area contributed by atoms with Crippen molar-refractivity contribution in [3.8, 4) is 0 Å². The van der Waals surface area contributed by atoms with Crippen molar-refractivity contribution in [2.75, 3.05) is 6.61 Å². The van der Waals surface area contributed by atoms with E-state index in [4.69, 9.17) is 4.74 Å². The van der Waals surface area contributed by atoms with Crippen LogP contribution < -0.4 is 0 Å². The number of hydrogen-bond donors (Lipinski definition) is 0. The minimum Gasteiger partial charge on any atom is -0.462 e. The fraction of sp³-hybridized carbons (Fsp3) is 0.824. The highest BCUT2D eigenvalue weighted by atomic mass is 28.2. The van der Waals surface area contributed by atoms with Crippen molar-refractivity contribution in [1.82, 2.24) is 0 Å². The van der Waals surface area contributed by atoms with Crippen molar-refractivity contribution in [2.45, 2.75) is 83.2 Å².